The number of carbonyl (C=O) groups excluding carboxylic acids is 1. The number of methoxy groups -OCH3 is 1. The smallest absolute Gasteiger partial charge is 0.231 e. The quantitative estimate of drug-likeness (QED) is 0.457. The first kappa shape index (κ1) is 20.6. The van der Waals surface area contributed by atoms with Crippen LogP contribution < -0.4 is 19.5 Å². The highest BCUT2D eigenvalue weighted by Crippen LogP contribution is 2.35. The van der Waals surface area contributed by atoms with Gasteiger partial charge in [-0.25, -0.2) is 0 Å². The minimum atomic E-state index is -0.343. The Morgan fingerprint density at radius 1 is 1.12 bits per heavy atom. The number of hydrogen-bond donors (Lipinski definition) is 2. The summed E-state index contributed by atoms with van der Waals surface area (Å²) in [6.45, 7) is 0.303. The summed E-state index contributed by atoms with van der Waals surface area (Å²) in [7, 11) is 1.62. The van der Waals surface area contributed by atoms with E-state index < -0.39 is 0 Å². The van der Waals surface area contributed by atoms with Gasteiger partial charge < -0.3 is 19.5 Å². The van der Waals surface area contributed by atoms with Crippen LogP contribution in [0, 0.1) is 5.92 Å². The largest absolute Gasteiger partial charge is 0.497 e. The fraction of sp³-hybridized carbons (Fsp3) is 0.160. The zero-order valence-corrected chi connectivity index (χ0v) is 17.9. The van der Waals surface area contributed by atoms with Gasteiger partial charge in [-0.05, 0) is 60.0 Å². The predicted molar refractivity (Wildman–Crippen MR) is 123 cm³/mol. The van der Waals surface area contributed by atoms with Crippen LogP contribution in [0.2, 0.25) is 0 Å². The van der Waals surface area contributed by atoms with E-state index in [2.05, 4.69) is 20.5 Å². The fourth-order valence-corrected chi connectivity index (χ4v) is 3.73. The van der Waals surface area contributed by atoms with E-state index in [4.69, 9.17) is 14.2 Å². The molecule has 166 valence electrons. The van der Waals surface area contributed by atoms with Gasteiger partial charge in [0.15, 0.2) is 5.75 Å². The molecule has 2 aromatic heterocycles. The average molecular weight is 442 g/mol. The highest BCUT2D eigenvalue weighted by Gasteiger charge is 2.27. The summed E-state index contributed by atoms with van der Waals surface area (Å²) >= 11 is 0. The van der Waals surface area contributed by atoms with Gasteiger partial charge in [0.05, 0.1) is 31.1 Å². The molecule has 1 amide bonds. The van der Waals surface area contributed by atoms with Gasteiger partial charge in [0.1, 0.15) is 23.9 Å². The van der Waals surface area contributed by atoms with Gasteiger partial charge in [0, 0.05) is 18.0 Å². The Labute approximate surface area is 190 Å². The summed E-state index contributed by atoms with van der Waals surface area (Å²) in [6, 6.07) is 14.8. The molecule has 0 spiro atoms. The Balaban J connectivity index is 1.39. The molecule has 2 aromatic carbocycles. The van der Waals surface area contributed by atoms with Crippen LogP contribution >= 0.6 is 0 Å². The number of nitrogens with zero attached hydrogens (tertiary/aromatic N) is 2. The molecule has 8 nitrogen and oxygen atoms in total. The van der Waals surface area contributed by atoms with E-state index in [1.54, 1.807) is 38.0 Å². The lowest BCUT2D eigenvalue weighted by atomic mass is 9.95. The molecule has 2 N–H and O–H groups in total. The number of aromatic nitrogens is 3. The number of amides is 1. The van der Waals surface area contributed by atoms with Gasteiger partial charge in [-0.1, -0.05) is 6.07 Å². The van der Waals surface area contributed by atoms with Crippen molar-refractivity contribution >= 4 is 11.6 Å². The number of rotatable bonds is 6. The van der Waals surface area contributed by atoms with Crippen molar-refractivity contribution in [3.63, 3.8) is 0 Å². The molecular formula is C25H22N4O4. The van der Waals surface area contributed by atoms with E-state index in [1.165, 1.54) is 0 Å². The molecule has 3 heterocycles. The average Bonchev–Trinajstić information content (AvgIpc) is 3.40. The maximum absolute atomic E-state index is 13.1. The minimum absolute atomic E-state index is 0.143. The van der Waals surface area contributed by atoms with Crippen molar-refractivity contribution in [1.29, 1.82) is 0 Å². The second-order valence-electron chi connectivity index (χ2n) is 7.66. The number of aromatic amines is 1. The Morgan fingerprint density at radius 2 is 2.06 bits per heavy atom. The van der Waals surface area contributed by atoms with Gasteiger partial charge in [-0.3, -0.25) is 14.9 Å². The summed E-state index contributed by atoms with van der Waals surface area (Å²) in [6.07, 6.45) is 7.38. The van der Waals surface area contributed by atoms with Crippen molar-refractivity contribution in [2.24, 2.45) is 5.92 Å². The Morgan fingerprint density at radius 3 is 2.85 bits per heavy atom. The van der Waals surface area contributed by atoms with Crippen LogP contribution in [0.4, 0.5) is 5.69 Å². The molecular weight excluding hydrogens is 420 g/mol. The number of benzene rings is 2. The number of nitrogens with one attached hydrogen (secondary N) is 2. The number of carbonyl (C=O) groups is 1. The highest BCUT2D eigenvalue weighted by atomic mass is 16.5. The normalized spacial score (nSPS) is 14.6. The van der Waals surface area contributed by atoms with Crippen molar-refractivity contribution < 1.29 is 19.0 Å². The molecule has 0 fully saturated rings. The maximum Gasteiger partial charge on any atom is 0.231 e. The minimum Gasteiger partial charge on any atom is -0.497 e. The number of ether oxygens (including phenoxy) is 3. The second kappa shape index (κ2) is 9.04. The van der Waals surface area contributed by atoms with Crippen LogP contribution in [0.25, 0.3) is 11.1 Å². The van der Waals surface area contributed by atoms with Gasteiger partial charge in [0.2, 0.25) is 5.91 Å². The van der Waals surface area contributed by atoms with Crippen LogP contribution in [-0.2, 0) is 11.2 Å². The number of H-pyrrole nitrogens is 1. The van der Waals surface area contributed by atoms with Gasteiger partial charge in [0.25, 0.3) is 0 Å². The first-order valence-electron chi connectivity index (χ1n) is 10.5. The lowest BCUT2D eigenvalue weighted by molar-refractivity contribution is -0.121. The van der Waals surface area contributed by atoms with Crippen molar-refractivity contribution in [2.45, 2.75) is 6.42 Å². The standard InChI is InChI=1S/C25H22N4O4/c1-31-20-5-7-23-17(10-20)9-18(15-32-23)25(30)29-22-6-4-16(19-12-27-28-13-19)11-24(22)33-21-3-2-8-26-14-21/h2-8,10-14,18H,9,15H2,1H3,(H,27,28)(H,29,30)/t18-/m1/s1. The number of fused-ring (bicyclic) bond motifs is 1. The summed E-state index contributed by atoms with van der Waals surface area (Å²) < 4.78 is 17.2. The van der Waals surface area contributed by atoms with Crippen LogP contribution in [0.15, 0.2) is 73.3 Å². The second-order valence-corrected chi connectivity index (χ2v) is 7.66. The molecule has 0 radical (unpaired) electrons. The van der Waals surface area contributed by atoms with Crippen LogP contribution in [-0.4, -0.2) is 34.8 Å². The van der Waals surface area contributed by atoms with Crippen molar-refractivity contribution in [3.8, 4) is 34.1 Å². The van der Waals surface area contributed by atoms with E-state index in [1.807, 2.05) is 42.5 Å². The number of hydrogen-bond acceptors (Lipinski definition) is 6. The van der Waals surface area contributed by atoms with E-state index in [0.717, 1.165) is 28.2 Å². The molecule has 0 unspecified atom stereocenters. The zero-order chi connectivity index (χ0) is 22.6. The van der Waals surface area contributed by atoms with E-state index in [0.29, 0.717) is 30.2 Å². The van der Waals surface area contributed by atoms with Crippen molar-refractivity contribution in [3.05, 3.63) is 78.9 Å². The van der Waals surface area contributed by atoms with Crippen molar-refractivity contribution in [2.75, 3.05) is 19.0 Å². The fourth-order valence-electron chi connectivity index (χ4n) is 3.73. The molecule has 0 saturated heterocycles. The molecule has 1 aliphatic heterocycles. The van der Waals surface area contributed by atoms with E-state index in [-0.39, 0.29) is 11.8 Å². The molecule has 0 saturated carbocycles. The maximum atomic E-state index is 13.1. The van der Waals surface area contributed by atoms with Gasteiger partial charge >= 0.3 is 0 Å². The summed E-state index contributed by atoms with van der Waals surface area (Å²) in [5, 5.41) is 9.83. The number of pyridine rings is 1. The predicted octanol–water partition coefficient (Wildman–Crippen LogP) is 4.46. The summed E-state index contributed by atoms with van der Waals surface area (Å²) in [5.74, 6) is 2.11. The lowest BCUT2D eigenvalue weighted by Gasteiger charge is -2.25. The lowest BCUT2D eigenvalue weighted by Crippen LogP contribution is -2.32. The third-order valence-electron chi connectivity index (χ3n) is 5.48. The summed E-state index contributed by atoms with van der Waals surface area (Å²) in [4.78, 5) is 17.2. The SMILES string of the molecule is COc1ccc2c(c1)C[C@@H](C(=O)Nc1ccc(-c3cn[nH]c3)cc1Oc1cccnc1)CO2. The van der Waals surface area contributed by atoms with Gasteiger partial charge in [-0.15, -0.1) is 0 Å². The summed E-state index contributed by atoms with van der Waals surface area (Å²) in [5.41, 5.74) is 3.33. The van der Waals surface area contributed by atoms with Crippen LogP contribution in [0.3, 0.4) is 0 Å². The van der Waals surface area contributed by atoms with E-state index in [9.17, 15) is 4.79 Å². The molecule has 1 atom stereocenters. The molecule has 0 bridgehead atoms. The van der Waals surface area contributed by atoms with Gasteiger partial charge in [-0.2, -0.15) is 5.10 Å². The van der Waals surface area contributed by atoms with Crippen molar-refractivity contribution in [1.82, 2.24) is 15.2 Å². The van der Waals surface area contributed by atoms with Crippen LogP contribution in [0.1, 0.15) is 5.56 Å². The molecule has 0 aliphatic carbocycles. The highest BCUT2D eigenvalue weighted by molar-refractivity contribution is 5.95. The molecule has 33 heavy (non-hydrogen) atoms. The molecule has 8 heteroatoms. The Hall–Kier alpha value is -4.33. The van der Waals surface area contributed by atoms with Crippen LogP contribution in [0.5, 0.6) is 23.0 Å². The Kier molecular flexibility index (Phi) is 5.63. The monoisotopic (exact) mass is 442 g/mol. The molecule has 4 aromatic rings. The zero-order valence-electron chi connectivity index (χ0n) is 17.9. The third kappa shape index (κ3) is 4.50. The molecule has 5 rings (SSSR count). The van der Waals surface area contributed by atoms with E-state index >= 15 is 0 Å². The third-order valence-corrected chi connectivity index (χ3v) is 5.48. The Bertz CT molecular complexity index is 1260. The number of anilines is 1. The molecule has 1 aliphatic rings. The topological polar surface area (TPSA) is 98.4 Å². The first-order chi connectivity index (χ1) is 16.2. The first-order valence-corrected chi connectivity index (χ1v) is 10.5.